The molecule has 0 radical (unpaired) electrons. The van der Waals surface area contributed by atoms with Crippen LogP contribution in [0.2, 0.25) is 0 Å². The number of nitrogens with zero attached hydrogens (tertiary/aromatic N) is 1. The number of hydrogen-bond donors (Lipinski definition) is 1. The molecule has 0 aliphatic rings. The number of ether oxygens (including phenoxy) is 2. The minimum Gasteiger partial charge on any atom is -0.493 e. The number of hydrogen-bond acceptors (Lipinski definition) is 5. The van der Waals surface area contributed by atoms with Gasteiger partial charge >= 0.3 is 5.97 Å². The number of esters is 1. The van der Waals surface area contributed by atoms with E-state index in [0.717, 1.165) is 0 Å². The smallest absolute Gasteiger partial charge is 0.342 e. The van der Waals surface area contributed by atoms with Gasteiger partial charge in [0.1, 0.15) is 11.3 Å². The average molecular weight is 338 g/mol. The fourth-order valence-electron chi connectivity index (χ4n) is 2.10. The molecule has 0 unspecified atom stereocenters. The molecule has 6 nitrogen and oxygen atoms in total. The Morgan fingerprint density at radius 2 is 1.96 bits per heavy atom. The third-order valence-electron chi connectivity index (χ3n) is 3.32. The van der Waals surface area contributed by atoms with Crippen molar-refractivity contribution < 1.29 is 19.1 Å². The predicted octanol–water partition coefficient (Wildman–Crippen LogP) is 3.14. The molecule has 0 saturated heterocycles. The molecule has 1 atom stereocenters. The van der Waals surface area contributed by atoms with Crippen molar-refractivity contribution in [3.63, 3.8) is 0 Å². The first kappa shape index (κ1) is 18.0. The minimum atomic E-state index is -1.01. The molecule has 1 amide bonds. The Morgan fingerprint density at radius 1 is 1.20 bits per heavy atom. The summed E-state index contributed by atoms with van der Waals surface area (Å²) in [7, 11) is 0. The van der Waals surface area contributed by atoms with Gasteiger partial charge < -0.3 is 14.8 Å². The largest absolute Gasteiger partial charge is 0.493 e. The Labute approximate surface area is 146 Å². The lowest BCUT2D eigenvalue weighted by molar-refractivity contribution is -0.123. The van der Waals surface area contributed by atoms with Crippen molar-refractivity contribution in [2.24, 2.45) is 0 Å². The second kappa shape index (κ2) is 8.50. The highest BCUT2D eigenvalue weighted by molar-refractivity contribution is 5.98. The van der Waals surface area contributed by atoms with Gasteiger partial charge in [-0.1, -0.05) is 18.2 Å². The summed E-state index contributed by atoms with van der Waals surface area (Å²) in [5, 5.41) is 11.5. The van der Waals surface area contributed by atoms with Gasteiger partial charge in [-0.3, -0.25) is 4.79 Å². The maximum atomic E-state index is 12.3. The van der Waals surface area contributed by atoms with Crippen molar-refractivity contribution >= 4 is 17.6 Å². The molecule has 2 rings (SSSR count). The topological polar surface area (TPSA) is 88.4 Å². The molecular weight excluding hydrogens is 320 g/mol. The number of para-hydroxylation sites is 1. The molecule has 0 aliphatic heterocycles. The third-order valence-corrected chi connectivity index (χ3v) is 3.32. The predicted molar refractivity (Wildman–Crippen MR) is 92.3 cm³/mol. The zero-order valence-electron chi connectivity index (χ0n) is 14.0. The SMILES string of the molecule is CCOc1ccccc1C(=O)O[C@H](C)C(=O)Nc1cccc(C#N)c1. The third kappa shape index (κ3) is 4.82. The number of rotatable bonds is 6. The molecule has 6 heteroatoms. The normalized spacial score (nSPS) is 11.1. The van der Waals surface area contributed by atoms with Gasteiger partial charge in [-0.2, -0.15) is 5.26 Å². The maximum absolute atomic E-state index is 12.3. The molecule has 0 spiro atoms. The highest BCUT2D eigenvalue weighted by atomic mass is 16.5. The monoisotopic (exact) mass is 338 g/mol. The molecule has 25 heavy (non-hydrogen) atoms. The van der Waals surface area contributed by atoms with E-state index in [1.165, 1.54) is 13.0 Å². The van der Waals surface area contributed by atoms with E-state index in [1.807, 2.05) is 13.0 Å². The van der Waals surface area contributed by atoms with Gasteiger partial charge in [0.05, 0.1) is 18.2 Å². The molecule has 0 fully saturated rings. The standard InChI is InChI=1S/C19H18N2O4/c1-3-24-17-10-5-4-9-16(17)19(23)25-13(2)18(22)21-15-8-6-7-14(11-15)12-20/h4-11,13H,3H2,1-2H3,(H,21,22)/t13-/m1/s1. The van der Waals surface area contributed by atoms with E-state index >= 15 is 0 Å². The highest BCUT2D eigenvalue weighted by Crippen LogP contribution is 2.20. The van der Waals surface area contributed by atoms with E-state index in [-0.39, 0.29) is 5.56 Å². The Balaban J connectivity index is 2.03. The summed E-state index contributed by atoms with van der Waals surface area (Å²) in [4.78, 5) is 24.5. The molecule has 0 aromatic heterocycles. The molecule has 0 aliphatic carbocycles. The Hall–Kier alpha value is -3.33. The van der Waals surface area contributed by atoms with Crippen LogP contribution in [0.3, 0.4) is 0 Å². The maximum Gasteiger partial charge on any atom is 0.342 e. The van der Waals surface area contributed by atoms with Crippen LogP contribution in [0.4, 0.5) is 5.69 Å². The van der Waals surface area contributed by atoms with Gasteiger partial charge in [-0.25, -0.2) is 4.79 Å². The summed E-state index contributed by atoms with van der Waals surface area (Å²) in [6.45, 7) is 3.70. The van der Waals surface area contributed by atoms with E-state index in [9.17, 15) is 9.59 Å². The van der Waals surface area contributed by atoms with Crippen molar-refractivity contribution in [1.82, 2.24) is 0 Å². The second-order valence-corrected chi connectivity index (χ2v) is 5.16. The summed E-state index contributed by atoms with van der Waals surface area (Å²) in [6, 6.07) is 15.1. The molecule has 0 bridgehead atoms. The van der Waals surface area contributed by atoms with E-state index < -0.39 is 18.0 Å². The molecule has 2 aromatic rings. The Morgan fingerprint density at radius 3 is 2.68 bits per heavy atom. The van der Waals surface area contributed by atoms with Crippen LogP contribution in [0.15, 0.2) is 48.5 Å². The number of carbonyl (C=O) groups excluding carboxylic acids is 2. The number of carbonyl (C=O) groups is 2. The fraction of sp³-hybridized carbons (Fsp3) is 0.211. The number of benzene rings is 2. The summed E-state index contributed by atoms with van der Waals surface area (Å²) >= 11 is 0. The molecule has 0 saturated carbocycles. The van der Waals surface area contributed by atoms with Gasteiger partial charge in [-0.05, 0) is 44.2 Å². The lowest BCUT2D eigenvalue weighted by Gasteiger charge is -2.15. The van der Waals surface area contributed by atoms with Crippen LogP contribution in [0.5, 0.6) is 5.75 Å². The van der Waals surface area contributed by atoms with Crippen molar-refractivity contribution in [3.8, 4) is 11.8 Å². The second-order valence-electron chi connectivity index (χ2n) is 5.16. The molecule has 2 aromatic carbocycles. The van der Waals surface area contributed by atoms with Gasteiger partial charge in [0.2, 0.25) is 0 Å². The van der Waals surface area contributed by atoms with Gasteiger partial charge in [0.25, 0.3) is 5.91 Å². The quantitative estimate of drug-likeness (QED) is 0.818. The Kier molecular flexibility index (Phi) is 6.13. The fourth-order valence-corrected chi connectivity index (χ4v) is 2.10. The van der Waals surface area contributed by atoms with Crippen molar-refractivity contribution in [2.75, 3.05) is 11.9 Å². The zero-order chi connectivity index (χ0) is 18.2. The van der Waals surface area contributed by atoms with Crippen LogP contribution < -0.4 is 10.1 Å². The van der Waals surface area contributed by atoms with Gasteiger partial charge in [0.15, 0.2) is 6.10 Å². The van der Waals surface area contributed by atoms with Crippen molar-refractivity contribution in [1.29, 1.82) is 5.26 Å². The van der Waals surface area contributed by atoms with E-state index in [2.05, 4.69) is 5.32 Å². The summed E-state index contributed by atoms with van der Waals surface area (Å²) in [6.07, 6.45) is -1.01. The zero-order valence-corrected chi connectivity index (χ0v) is 14.0. The van der Waals surface area contributed by atoms with Gasteiger partial charge in [0, 0.05) is 5.69 Å². The first-order valence-electron chi connectivity index (χ1n) is 7.79. The highest BCUT2D eigenvalue weighted by Gasteiger charge is 2.21. The Bertz CT molecular complexity index is 811. The van der Waals surface area contributed by atoms with E-state index in [4.69, 9.17) is 14.7 Å². The molecule has 128 valence electrons. The lowest BCUT2D eigenvalue weighted by Crippen LogP contribution is -2.30. The average Bonchev–Trinajstić information content (AvgIpc) is 2.62. The van der Waals surface area contributed by atoms with Crippen molar-refractivity contribution in [2.45, 2.75) is 20.0 Å². The lowest BCUT2D eigenvalue weighted by atomic mass is 10.2. The van der Waals surface area contributed by atoms with E-state index in [0.29, 0.717) is 23.6 Å². The molecule has 1 N–H and O–H groups in total. The summed E-state index contributed by atoms with van der Waals surface area (Å²) in [5.74, 6) is -0.723. The van der Waals surface area contributed by atoms with E-state index in [1.54, 1.807) is 42.5 Å². The number of nitriles is 1. The van der Waals surface area contributed by atoms with Gasteiger partial charge in [-0.15, -0.1) is 0 Å². The molecule has 0 heterocycles. The van der Waals surface area contributed by atoms with Crippen LogP contribution >= 0.6 is 0 Å². The van der Waals surface area contributed by atoms with Crippen LogP contribution in [0, 0.1) is 11.3 Å². The number of anilines is 1. The summed E-state index contributed by atoms with van der Waals surface area (Å²) in [5.41, 5.74) is 1.14. The number of nitrogens with one attached hydrogen (secondary N) is 1. The van der Waals surface area contributed by atoms with Crippen LogP contribution in [-0.4, -0.2) is 24.6 Å². The minimum absolute atomic E-state index is 0.260. The first-order valence-corrected chi connectivity index (χ1v) is 7.79. The first-order chi connectivity index (χ1) is 12.0. The van der Waals surface area contributed by atoms with Crippen LogP contribution in [-0.2, 0) is 9.53 Å². The molecular formula is C19H18N2O4. The van der Waals surface area contributed by atoms with Crippen molar-refractivity contribution in [3.05, 3.63) is 59.7 Å². The number of amides is 1. The van der Waals surface area contributed by atoms with Crippen LogP contribution in [0.1, 0.15) is 29.8 Å². The summed E-state index contributed by atoms with van der Waals surface area (Å²) < 4.78 is 10.6. The van der Waals surface area contributed by atoms with Crippen LogP contribution in [0.25, 0.3) is 0 Å².